The third-order valence-corrected chi connectivity index (χ3v) is 3.41. The molecule has 1 aromatic rings. The van der Waals surface area contributed by atoms with E-state index < -0.39 is 18.1 Å². The topological polar surface area (TPSA) is 32.3 Å². The van der Waals surface area contributed by atoms with Crippen molar-refractivity contribution in [1.29, 1.82) is 0 Å². The van der Waals surface area contributed by atoms with Crippen LogP contribution in [-0.2, 0) is 0 Å². The van der Waals surface area contributed by atoms with Gasteiger partial charge < -0.3 is 10.4 Å². The Morgan fingerprint density at radius 2 is 1.67 bits per heavy atom. The van der Waals surface area contributed by atoms with Crippen LogP contribution < -0.4 is 5.32 Å². The smallest absolute Gasteiger partial charge is 0.393 e. The van der Waals surface area contributed by atoms with Crippen molar-refractivity contribution in [3.8, 4) is 5.75 Å². The standard InChI is InChI=1S/C13H16F3NO/c14-13(15,16)11-3-1-2-4-12(11)17-9-5-7-10(18)8-6-9/h5-8,11-12,17-18H,1-4H2. The van der Waals surface area contributed by atoms with Crippen molar-refractivity contribution in [2.24, 2.45) is 5.92 Å². The molecule has 1 aliphatic rings. The van der Waals surface area contributed by atoms with Crippen LogP contribution in [0.3, 0.4) is 0 Å². The van der Waals surface area contributed by atoms with Crippen LogP contribution in [0.25, 0.3) is 0 Å². The Balaban J connectivity index is 2.08. The second kappa shape index (κ2) is 5.08. The summed E-state index contributed by atoms with van der Waals surface area (Å²) >= 11 is 0. The molecule has 0 aliphatic heterocycles. The third-order valence-electron chi connectivity index (χ3n) is 3.41. The Labute approximate surface area is 104 Å². The second-order valence-corrected chi connectivity index (χ2v) is 4.73. The molecule has 0 aromatic heterocycles. The van der Waals surface area contributed by atoms with Gasteiger partial charge >= 0.3 is 6.18 Å². The van der Waals surface area contributed by atoms with Crippen molar-refractivity contribution in [3.63, 3.8) is 0 Å². The zero-order valence-electron chi connectivity index (χ0n) is 9.87. The molecule has 0 radical (unpaired) electrons. The average molecular weight is 259 g/mol. The molecular weight excluding hydrogens is 243 g/mol. The molecule has 0 amide bonds. The first kappa shape index (κ1) is 13.1. The fourth-order valence-electron chi connectivity index (χ4n) is 2.47. The number of alkyl halides is 3. The van der Waals surface area contributed by atoms with Gasteiger partial charge in [0.05, 0.1) is 5.92 Å². The molecule has 18 heavy (non-hydrogen) atoms. The van der Waals surface area contributed by atoms with E-state index in [0.29, 0.717) is 18.5 Å². The monoisotopic (exact) mass is 259 g/mol. The van der Waals surface area contributed by atoms with Gasteiger partial charge in [-0.1, -0.05) is 12.8 Å². The minimum Gasteiger partial charge on any atom is -0.508 e. The number of phenolic OH excluding ortho intramolecular Hbond substituents is 1. The Morgan fingerprint density at radius 3 is 2.28 bits per heavy atom. The molecule has 2 nitrogen and oxygen atoms in total. The molecule has 2 atom stereocenters. The Kier molecular flexibility index (Phi) is 3.68. The van der Waals surface area contributed by atoms with Gasteiger partial charge in [-0.25, -0.2) is 0 Å². The molecule has 1 aromatic carbocycles. The summed E-state index contributed by atoms with van der Waals surface area (Å²) in [6.07, 6.45) is -1.96. The van der Waals surface area contributed by atoms with Gasteiger partial charge in [0.25, 0.3) is 0 Å². The van der Waals surface area contributed by atoms with Crippen molar-refractivity contribution in [2.45, 2.75) is 37.9 Å². The molecule has 0 spiro atoms. The summed E-state index contributed by atoms with van der Waals surface area (Å²) in [5.41, 5.74) is 0.619. The van der Waals surface area contributed by atoms with Crippen molar-refractivity contribution >= 4 is 5.69 Å². The van der Waals surface area contributed by atoms with E-state index in [9.17, 15) is 13.2 Å². The summed E-state index contributed by atoms with van der Waals surface area (Å²) in [6.45, 7) is 0. The minimum atomic E-state index is -4.14. The maximum absolute atomic E-state index is 12.9. The van der Waals surface area contributed by atoms with Crippen molar-refractivity contribution in [2.75, 3.05) is 5.32 Å². The molecule has 1 aliphatic carbocycles. The number of hydrogen-bond acceptors (Lipinski definition) is 2. The van der Waals surface area contributed by atoms with Crippen LogP contribution in [0.1, 0.15) is 25.7 Å². The largest absolute Gasteiger partial charge is 0.508 e. The first-order valence-corrected chi connectivity index (χ1v) is 6.09. The summed E-state index contributed by atoms with van der Waals surface area (Å²) < 4.78 is 38.6. The quantitative estimate of drug-likeness (QED) is 0.789. The van der Waals surface area contributed by atoms with Crippen molar-refractivity contribution in [1.82, 2.24) is 0 Å². The van der Waals surface area contributed by atoms with Gasteiger partial charge in [-0.3, -0.25) is 0 Å². The molecule has 0 bridgehead atoms. The maximum atomic E-state index is 12.9. The van der Waals surface area contributed by atoms with E-state index in [-0.39, 0.29) is 12.2 Å². The minimum absolute atomic E-state index is 0.108. The highest BCUT2D eigenvalue weighted by Crippen LogP contribution is 2.39. The lowest BCUT2D eigenvalue weighted by Gasteiger charge is -2.34. The van der Waals surface area contributed by atoms with Crippen molar-refractivity contribution < 1.29 is 18.3 Å². The van der Waals surface area contributed by atoms with E-state index in [1.165, 1.54) is 12.1 Å². The van der Waals surface area contributed by atoms with Crippen LogP contribution in [0.4, 0.5) is 18.9 Å². The number of hydrogen-bond donors (Lipinski definition) is 2. The third kappa shape index (κ3) is 3.09. The summed E-state index contributed by atoms with van der Waals surface area (Å²) in [5, 5.41) is 12.1. The van der Waals surface area contributed by atoms with E-state index in [1.807, 2.05) is 0 Å². The van der Waals surface area contributed by atoms with E-state index in [1.54, 1.807) is 12.1 Å². The molecule has 2 unspecified atom stereocenters. The summed E-state index contributed by atoms with van der Waals surface area (Å²) in [7, 11) is 0. The number of aromatic hydroxyl groups is 1. The predicted molar refractivity (Wildman–Crippen MR) is 63.5 cm³/mol. The van der Waals surface area contributed by atoms with E-state index >= 15 is 0 Å². The Hall–Kier alpha value is -1.39. The lowest BCUT2D eigenvalue weighted by molar-refractivity contribution is -0.184. The zero-order chi connectivity index (χ0) is 13.2. The van der Waals surface area contributed by atoms with Gasteiger partial charge in [-0.05, 0) is 37.1 Å². The SMILES string of the molecule is Oc1ccc(NC2CCCCC2C(F)(F)F)cc1. The first-order valence-electron chi connectivity index (χ1n) is 6.09. The molecule has 2 N–H and O–H groups in total. The van der Waals surface area contributed by atoms with Crippen LogP contribution >= 0.6 is 0 Å². The molecule has 0 heterocycles. The van der Waals surface area contributed by atoms with Crippen LogP contribution in [-0.4, -0.2) is 17.3 Å². The van der Waals surface area contributed by atoms with Gasteiger partial charge in [0, 0.05) is 11.7 Å². The molecule has 100 valence electrons. The summed E-state index contributed by atoms with van der Waals surface area (Å²) in [6, 6.07) is 5.55. The van der Waals surface area contributed by atoms with Crippen LogP contribution in [0.15, 0.2) is 24.3 Å². The number of nitrogens with one attached hydrogen (secondary N) is 1. The number of anilines is 1. The molecule has 1 fully saturated rings. The second-order valence-electron chi connectivity index (χ2n) is 4.73. The first-order chi connectivity index (χ1) is 8.47. The highest BCUT2D eigenvalue weighted by Gasteiger charge is 2.45. The van der Waals surface area contributed by atoms with Crippen LogP contribution in [0.5, 0.6) is 5.75 Å². The van der Waals surface area contributed by atoms with Gasteiger partial charge in [0.1, 0.15) is 5.75 Å². The normalized spacial score (nSPS) is 24.8. The van der Waals surface area contributed by atoms with Gasteiger partial charge in [-0.2, -0.15) is 13.2 Å². The lowest BCUT2D eigenvalue weighted by atomic mass is 9.84. The molecule has 1 saturated carbocycles. The molecular formula is C13H16F3NO. The highest BCUT2D eigenvalue weighted by molar-refractivity contribution is 5.47. The Bertz CT molecular complexity index is 388. The number of phenols is 1. The van der Waals surface area contributed by atoms with E-state index in [0.717, 1.165) is 6.42 Å². The summed E-state index contributed by atoms with van der Waals surface area (Å²) in [5.74, 6) is -1.17. The highest BCUT2D eigenvalue weighted by atomic mass is 19.4. The average Bonchev–Trinajstić information content (AvgIpc) is 2.31. The summed E-state index contributed by atoms with van der Waals surface area (Å²) in [4.78, 5) is 0. The van der Waals surface area contributed by atoms with Crippen LogP contribution in [0, 0.1) is 5.92 Å². The van der Waals surface area contributed by atoms with Crippen LogP contribution in [0.2, 0.25) is 0 Å². The molecule has 5 heteroatoms. The fourth-order valence-corrected chi connectivity index (χ4v) is 2.47. The lowest BCUT2D eigenvalue weighted by Crippen LogP contribution is -2.41. The molecule has 2 rings (SSSR count). The maximum Gasteiger partial charge on any atom is 0.393 e. The number of halogens is 3. The van der Waals surface area contributed by atoms with Gasteiger partial charge in [-0.15, -0.1) is 0 Å². The zero-order valence-corrected chi connectivity index (χ0v) is 9.87. The number of benzene rings is 1. The van der Waals surface area contributed by atoms with Gasteiger partial charge in [0.2, 0.25) is 0 Å². The van der Waals surface area contributed by atoms with E-state index in [4.69, 9.17) is 5.11 Å². The van der Waals surface area contributed by atoms with Gasteiger partial charge in [0.15, 0.2) is 0 Å². The molecule has 0 saturated heterocycles. The Morgan fingerprint density at radius 1 is 1.06 bits per heavy atom. The van der Waals surface area contributed by atoms with E-state index in [2.05, 4.69) is 5.32 Å². The fraction of sp³-hybridized carbons (Fsp3) is 0.538. The van der Waals surface area contributed by atoms with Crippen molar-refractivity contribution in [3.05, 3.63) is 24.3 Å². The predicted octanol–water partition coefficient (Wildman–Crippen LogP) is 3.93. The number of rotatable bonds is 2.